The molecular weight excluding hydrogens is 444 g/mol. The zero-order valence-corrected chi connectivity index (χ0v) is 19.7. The summed E-state index contributed by atoms with van der Waals surface area (Å²) in [7, 11) is 1.60. The van der Waals surface area contributed by atoms with Gasteiger partial charge in [-0.25, -0.2) is 9.36 Å². The first-order chi connectivity index (χ1) is 16.7. The number of aryl methyl sites for hydroxylation is 2. The number of nitrogens with zero attached hydrogens (tertiary/aromatic N) is 2. The van der Waals surface area contributed by atoms with Crippen LogP contribution in [0.15, 0.2) is 76.3 Å². The standard InChI is InChI=1S/C28H24N2O3S/c1-33-21-15-13-20(14-16-21)30-26(31)25-23-11-4-5-12-24(23)34-27(25)29(28(30)32)17-19-9-6-8-18-7-2-3-10-22(18)19/h2-3,6-10,13-16H,4-5,11-12,17H2,1H3. The summed E-state index contributed by atoms with van der Waals surface area (Å²) in [5.41, 5.74) is 2.21. The fraction of sp³-hybridized carbons (Fsp3) is 0.214. The second-order valence-electron chi connectivity index (χ2n) is 8.74. The lowest BCUT2D eigenvalue weighted by Gasteiger charge is -2.15. The predicted molar refractivity (Wildman–Crippen MR) is 138 cm³/mol. The molecule has 6 heteroatoms. The Morgan fingerprint density at radius 3 is 2.50 bits per heavy atom. The van der Waals surface area contributed by atoms with Gasteiger partial charge in [0.2, 0.25) is 0 Å². The number of benzene rings is 3. The van der Waals surface area contributed by atoms with Crippen LogP contribution in [0.2, 0.25) is 0 Å². The van der Waals surface area contributed by atoms with Gasteiger partial charge in [0, 0.05) is 4.88 Å². The summed E-state index contributed by atoms with van der Waals surface area (Å²) in [6.07, 6.45) is 4.06. The number of hydrogen-bond donors (Lipinski definition) is 0. The van der Waals surface area contributed by atoms with Crippen molar-refractivity contribution in [2.75, 3.05) is 7.11 Å². The highest BCUT2D eigenvalue weighted by molar-refractivity contribution is 7.18. The van der Waals surface area contributed by atoms with Crippen molar-refractivity contribution in [2.45, 2.75) is 32.2 Å². The molecule has 0 radical (unpaired) electrons. The summed E-state index contributed by atoms with van der Waals surface area (Å²) in [6.45, 7) is 0.409. The SMILES string of the molecule is COc1ccc(-n2c(=O)c3c4c(sc3n(Cc3cccc5ccccc35)c2=O)CCCC4)cc1. The van der Waals surface area contributed by atoms with Crippen molar-refractivity contribution in [1.82, 2.24) is 9.13 Å². The van der Waals surface area contributed by atoms with E-state index in [0.29, 0.717) is 23.4 Å². The maximum absolute atomic E-state index is 13.9. The molecule has 0 fully saturated rings. The van der Waals surface area contributed by atoms with Crippen molar-refractivity contribution in [2.24, 2.45) is 0 Å². The van der Waals surface area contributed by atoms with Crippen molar-refractivity contribution in [3.8, 4) is 11.4 Å². The third-order valence-electron chi connectivity index (χ3n) is 6.78. The van der Waals surface area contributed by atoms with Crippen molar-refractivity contribution < 1.29 is 4.74 Å². The van der Waals surface area contributed by atoms with Crippen molar-refractivity contribution in [3.63, 3.8) is 0 Å². The summed E-state index contributed by atoms with van der Waals surface area (Å²) in [4.78, 5) is 29.7. The molecule has 0 aliphatic heterocycles. The smallest absolute Gasteiger partial charge is 0.337 e. The average Bonchev–Trinajstić information content (AvgIpc) is 3.27. The molecule has 1 aliphatic carbocycles. The number of aromatic nitrogens is 2. The second kappa shape index (κ2) is 8.29. The quantitative estimate of drug-likeness (QED) is 0.360. The second-order valence-corrected chi connectivity index (χ2v) is 9.82. The number of hydrogen-bond acceptors (Lipinski definition) is 4. The van der Waals surface area contributed by atoms with Gasteiger partial charge in [0.05, 0.1) is 24.7 Å². The zero-order valence-electron chi connectivity index (χ0n) is 18.9. The van der Waals surface area contributed by atoms with Crippen LogP contribution in [0.1, 0.15) is 28.8 Å². The zero-order chi connectivity index (χ0) is 23.2. The van der Waals surface area contributed by atoms with E-state index >= 15 is 0 Å². The van der Waals surface area contributed by atoms with Gasteiger partial charge in [0.15, 0.2) is 0 Å². The Hall–Kier alpha value is -3.64. The van der Waals surface area contributed by atoms with E-state index in [2.05, 4.69) is 24.3 Å². The molecule has 2 heterocycles. The summed E-state index contributed by atoms with van der Waals surface area (Å²) < 4.78 is 8.40. The van der Waals surface area contributed by atoms with Gasteiger partial charge in [-0.1, -0.05) is 42.5 Å². The van der Waals surface area contributed by atoms with Gasteiger partial charge in [-0.15, -0.1) is 11.3 Å². The van der Waals surface area contributed by atoms with E-state index in [-0.39, 0.29) is 11.2 Å². The van der Waals surface area contributed by atoms with Crippen LogP contribution in [0, 0.1) is 0 Å². The maximum Gasteiger partial charge on any atom is 0.337 e. The number of methoxy groups -OCH3 is 1. The molecule has 0 amide bonds. The highest BCUT2D eigenvalue weighted by atomic mass is 32.1. The van der Waals surface area contributed by atoms with E-state index in [1.54, 1.807) is 47.3 Å². The van der Waals surface area contributed by atoms with Crippen molar-refractivity contribution in [1.29, 1.82) is 0 Å². The third-order valence-corrected chi connectivity index (χ3v) is 8.09. The molecule has 3 aromatic carbocycles. The van der Waals surface area contributed by atoms with E-state index in [0.717, 1.165) is 52.4 Å². The molecule has 0 atom stereocenters. The van der Waals surface area contributed by atoms with Crippen LogP contribution < -0.4 is 16.0 Å². The maximum atomic E-state index is 13.9. The molecule has 6 rings (SSSR count). The number of ether oxygens (including phenoxy) is 1. The fourth-order valence-electron chi connectivity index (χ4n) is 5.07. The van der Waals surface area contributed by atoms with Gasteiger partial charge in [-0.05, 0) is 71.8 Å². The van der Waals surface area contributed by atoms with E-state index in [1.807, 2.05) is 18.2 Å². The number of fused-ring (bicyclic) bond motifs is 4. The molecule has 5 aromatic rings. The monoisotopic (exact) mass is 468 g/mol. The first-order valence-electron chi connectivity index (χ1n) is 11.6. The lowest BCUT2D eigenvalue weighted by atomic mass is 9.97. The summed E-state index contributed by atoms with van der Waals surface area (Å²) in [6, 6.07) is 21.5. The van der Waals surface area contributed by atoms with E-state index in [9.17, 15) is 9.59 Å². The molecule has 2 aromatic heterocycles. The van der Waals surface area contributed by atoms with Gasteiger partial charge in [-0.2, -0.15) is 0 Å². The molecule has 1 aliphatic rings. The molecule has 34 heavy (non-hydrogen) atoms. The van der Waals surface area contributed by atoms with Gasteiger partial charge in [-0.3, -0.25) is 9.36 Å². The van der Waals surface area contributed by atoms with E-state index in [1.165, 1.54) is 9.44 Å². The summed E-state index contributed by atoms with van der Waals surface area (Å²) in [5, 5.41) is 2.96. The van der Waals surface area contributed by atoms with Crippen molar-refractivity contribution in [3.05, 3.63) is 104 Å². The molecule has 0 saturated carbocycles. The average molecular weight is 469 g/mol. The first-order valence-corrected chi connectivity index (χ1v) is 12.4. The first kappa shape index (κ1) is 20.9. The third kappa shape index (κ3) is 3.29. The largest absolute Gasteiger partial charge is 0.497 e. The topological polar surface area (TPSA) is 53.2 Å². The van der Waals surface area contributed by atoms with Gasteiger partial charge in [0.25, 0.3) is 5.56 Å². The molecule has 0 saturated heterocycles. The van der Waals surface area contributed by atoms with Crippen LogP contribution in [-0.2, 0) is 19.4 Å². The Balaban J connectivity index is 1.65. The lowest BCUT2D eigenvalue weighted by Crippen LogP contribution is -2.39. The fourth-order valence-corrected chi connectivity index (χ4v) is 6.44. The van der Waals surface area contributed by atoms with E-state index < -0.39 is 0 Å². The highest BCUT2D eigenvalue weighted by Gasteiger charge is 2.24. The van der Waals surface area contributed by atoms with Crippen LogP contribution in [0.4, 0.5) is 0 Å². The van der Waals surface area contributed by atoms with Crippen molar-refractivity contribution >= 4 is 32.3 Å². The Morgan fingerprint density at radius 2 is 1.68 bits per heavy atom. The Kier molecular flexibility index (Phi) is 5.11. The molecule has 0 unspecified atom stereocenters. The molecule has 0 spiro atoms. The molecule has 0 N–H and O–H groups in total. The van der Waals surface area contributed by atoms with Gasteiger partial charge in [0.1, 0.15) is 10.6 Å². The predicted octanol–water partition coefficient (Wildman–Crippen LogP) is 5.30. The highest BCUT2D eigenvalue weighted by Crippen LogP contribution is 2.35. The lowest BCUT2D eigenvalue weighted by molar-refractivity contribution is 0.414. The molecule has 0 bridgehead atoms. The van der Waals surface area contributed by atoms with Crippen LogP contribution in [-0.4, -0.2) is 16.2 Å². The van der Waals surface area contributed by atoms with Crippen LogP contribution in [0.3, 0.4) is 0 Å². The Labute approximate surface area is 200 Å². The number of thiophene rings is 1. The molecular formula is C28H24N2O3S. The van der Waals surface area contributed by atoms with Crippen LogP contribution in [0.25, 0.3) is 26.7 Å². The van der Waals surface area contributed by atoms with Crippen LogP contribution in [0.5, 0.6) is 5.75 Å². The molecule has 5 nitrogen and oxygen atoms in total. The minimum absolute atomic E-state index is 0.223. The summed E-state index contributed by atoms with van der Waals surface area (Å²) in [5.74, 6) is 0.682. The summed E-state index contributed by atoms with van der Waals surface area (Å²) >= 11 is 1.62. The normalized spacial score (nSPS) is 13.3. The van der Waals surface area contributed by atoms with Gasteiger partial charge < -0.3 is 4.74 Å². The van der Waals surface area contributed by atoms with E-state index in [4.69, 9.17) is 4.74 Å². The number of rotatable bonds is 4. The Bertz CT molecular complexity index is 1650. The minimum Gasteiger partial charge on any atom is -0.497 e. The van der Waals surface area contributed by atoms with Crippen LogP contribution >= 0.6 is 11.3 Å². The minimum atomic E-state index is -0.311. The van der Waals surface area contributed by atoms with Gasteiger partial charge >= 0.3 is 5.69 Å². The molecule has 170 valence electrons. The Morgan fingerprint density at radius 1 is 0.912 bits per heavy atom.